The van der Waals surface area contributed by atoms with Crippen LogP contribution in [-0.4, -0.2) is 46.3 Å². The van der Waals surface area contributed by atoms with E-state index >= 15 is 0 Å². The molecule has 2 fully saturated rings. The van der Waals surface area contributed by atoms with Crippen molar-refractivity contribution in [1.29, 1.82) is 0 Å². The number of rotatable bonds is 4. The number of aromatic amines is 1. The van der Waals surface area contributed by atoms with Crippen LogP contribution in [0.2, 0.25) is 0 Å². The Morgan fingerprint density at radius 1 is 1.08 bits per heavy atom. The van der Waals surface area contributed by atoms with Crippen LogP contribution in [0.25, 0.3) is 10.9 Å². The van der Waals surface area contributed by atoms with Gasteiger partial charge in [0.25, 0.3) is 0 Å². The predicted octanol–water partition coefficient (Wildman–Crippen LogP) is 2.38. The third kappa shape index (κ3) is 2.91. The average molecular weight is 335 g/mol. The van der Waals surface area contributed by atoms with Crippen molar-refractivity contribution < 1.29 is 0 Å². The van der Waals surface area contributed by atoms with Crippen molar-refractivity contribution in [3.8, 4) is 0 Å². The first-order valence-corrected chi connectivity index (χ1v) is 8.91. The van der Waals surface area contributed by atoms with Gasteiger partial charge in [0.15, 0.2) is 5.82 Å². The van der Waals surface area contributed by atoms with E-state index in [1.165, 1.54) is 18.5 Å². The SMILES string of the molecule is c1ccc2c(Nc3cc(C4CC4)[nH]n3)nc(N3CCNCC3)nc2c1. The highest BCUT2D eigenvalue weighted by Crippen LogP contribution is 2.39. The molecule has 0 atom stereocenters. The topological polar surface area (TPSA) is 81.8 Å². The third-order valence-electron chi connectivity index (χ3n) is 4.85. The first-order chi connectivity index (χ1) is 12.4. The fourth-order valence-corrected chi connectivity index (χ4v) is 3.29. The van der Waals surface area contributed by atoms with Crippen molar-refractivity contribution >= 4 is 28.5 Å². The van der Waals surface area contributed by atoms with E-state index in [0.29, 0.717) is 5.92 Å². The van der Waals surface area contributed by atoms with Crippen molar-refractivity contribution in [2.45, 2.75) is 18.8 Å². The van der Waals surface area contributed by atoms with Crippen LogP contribution in [0.5, 0.6) is 0 Å². The van der Waals surface area contributed by atoms with Gasteiger partial charge in [-0.1, -0.05) is 12.1 Å². The number of anilines is 3. The van der Waals surface area contributed by atoms with E-state index in [1.807, 2.05) is 24.3 Å². The second-order valence-corrected chi connectivity index (χ2v) is 6.73. The largest absolute Gasteiger partial charge is 0.338 e. The molecule has 128 valence electrons. The summed E-state index contributed by atoms with van der Waals surface area (Å²) in [4.78, 5) is 11.8. The molecule has 3 heterocycles. The lowest BCUT2D eigenvalue weighted by atomic mass is 10.2. The molecular weight excluding hydrogens is 314 g/mol. The summed E-state index contributed by atoms with van der Waals surface area (Å²) in [5.41, 5.74) is 2.16. The second kappa shape index (κ2) is 6.00. The molecule has 0 spiro atoms. The fraction of sp³-hybridized carbons (Fsp3) is 0.389. The molecule has 0 radical (unpaired) electrons. The number of nitrogens with one attached hydrogen (secondary N) is 3. The van der Waals surface area contributed by atoms with Gasteiger partial charge < -0.3 is 15.5 Å². The zero-order valence-corrected chi connectivity index (χ0v) is 14.0. The number of hydrogen-bond donors (Lipinski definition) is 3. The normalized spacial score (nSPS) is 17.8. The molecule has 2 aliphatic rings. The maximum absolute atomic E-state index is 4.81. The molecule has 1 saturated carbocycles. The molecule has 7 nitrogen and oxygen atoms in total. The molecule has 3 aromatic rings. The van der Waals surface area contributed by atoms with E-state index in [0.717, 1.165) is 54.7 Å². The Kier molecular flexibility index (Phi) is 3.52. The Labute approximate surface area is 145 Å². The van der Waals surface area contributed by atoms with Gasteiger partial charge in [-0.05, 0) is 25.0 Å². The van der Waals surface area contributed by atoms with Gasteiger partial charge >= 0.3 is 0 Å². The van der Waals surface area contributed by atoms with Gasteiger partial charge in [-0.25, -0.2) is 4.98 Å². The Hall–Kier alpha value is -2.67. The summed E-state index contributed by atoms with van der Waals surface area (Å²) in [5, 5.41) is 15.3. The fourth-order valence-electron chi connectivity index (χ4n) is 3.29. The van der Waals surface area contributed by atoms with E-state index in [9.17, 15) is 0 Å². The number of nitrogens with zero attached hydrogens (tertiary/aromatic N) is 4. The molecule has 0 bridgehead atoms. The monoisotopic (exact) mass is 335 g/mol. The summed E-state index contributed by atoms with van der Waals surface area (Å²) in [7, 11) is 0. The quantitative estimate of drug-likeness (QED) is 0.679. The van der Waals surface area contributed by atoms with Crippen molar-refractivity contribution in [3.05, 3.63) is 36.0 Å². The lowest BCUT2D eigenvalue weighted by Crippen LogP contribution is -2.44. The number of aromatic nitrogens is 4. The lowest BCUT2D eigenvalue weighted by Gasteiger charge is -2.27. The molecule has 2 aromatic heterocycles. The van der Waals surface area contributed by atoms with Crippen molar-refractivity contribution in [1.82, 2.24) is 25.5 Å². The first kappa shape index (κ1) is 14.7. The molecule has 0 unspecified atom stereocenters. The molecule has 7 heteroatoms. The van der Waals surface area contributed by atoms with Gasteiger partial charge in [0.05, 0.1) is 5.52 Å². The van der Waals surface area contributed by atoms with Crippen LogP contribution in [-0.2, 0) is 0 Å². The van der Waals surface area contributed by atoms with Gasteiger partial charge in [0.2, 0.25) is 5.95 Å². The molecule has 3 N–H and O–H groups in total. The molecule has 1 aromatic carbocycles. The summed E-state index contributed by atoms with van der Waals surface area (Å²) >= 11 is 0. The Morgan fingerprint density at radius 3 is 2.76 bits per heavy atom. The number of hydrogen-bond acceptors (Lipinski definition) is 6. The van der Waals surface area contributed by atoms with Crippen LogP contribution in [0.3, 0.4) is 0 Å². The van der Waals surface area contributed by atoms with Crippen LogP contribution >= 0.6 is 0 Å². The van der Waals surface area contributed by atoms with E-state index < -0.39 is 0 Å². The van der Waals surface area contributed by atoms with Crippen molar-refractivity contribution in [3.63, 3.8) is 0 Å². The summed E-state index contributed by atoms with van der Waals surface area (Å²) in [5.74, 6) is 3.06. The highest BCUT2D eigenvalue weighted by Gasteiger charge is 2.25. The highest BCUT2D eigenvalue weighted by atomic mass is 15.3. The van der Waals surface area contributed by atoms with Crippen LogP contribution in [0.4, 0.5) is 17.6 Å². The van der Waals surface area contributed by atoms with E-state index in [-0.39, 0.29) is 0 Å². The molecular formula is C18H21N7. The molecule has 1 aliphatic heterocycles. The molecule has 25 heavy (non-hydrogen) atoms. The highest BCUT2D eigenvalue weighted by molar-refractivity contribution is 5.91. The molecule has 5 rings (SSSR count). The standard InChI is InChI=1S/C18H21N7/c1-2-4-14-13(3-1)17(21-16-11-15(23-24-16)12-5-6-12)22-18(20-14)25-9-7-19-8-10-25/h1-4,11-12,19H,5-10H2,(H2,20,21,22,23,24). The number of fused-ring (bicyclic) bond motifs is 1. The summed E-state index contributed by atoms with van der Waals surface area (Å²) < 4.78 is 0. The number of para-hydroxylation sites is 1. The Bertz CT molecular complexity index is 893. The van der Waals surface area contributed by atoms with Gasteiger partial charge in [0, 0.05) is 49.2 Å². The Morgan fingerprint density at radius 2 is 1.92 bits per heavy atom. The summed E-state index contributed by atoms with van der Waals surface area (Å²) in [6, 6.07) is 10.2. The maximum atomic E-state index is 4.81. The van der Waals surface area contributed by atoms with Gasteiger partial charge in [0.1, 0.15) is 5.82 Å². The number of benzene rings is 1. The van der Waals surface area contributed by atoms with Gasteiger partial charge in [-0.15, -0.1) is 0 Å². The van der Waals surface area contributed by atoms with Crippen LogP contribution in [0, 0.1) is 0 Å². The third-order valence-corrected chi connectivity index (χ3v) is 4.85. The summed E-state index contributed by atoms with van der Waals surface area (Å²) in [6.07, 6.45) is 2.51. The van der Waals surface area contributed by atoms with Gasteiger partial charge in [-0.2, -0.15) is 10.1 Å². The minimum atomic E-state index is 0.654. The maximum Gasteiger partial charge on any atom is 0.227 e. The minimum absolute atomic E-state index is 0.654. The number of H-pyrrole nitrogens is 1. The van der Waals surface area contributed by atoms with Crippen molar-refractivity contribution in [2.24, 2.45) is 0 Å². The molecule has 1 aliphatic carbocycles. The zero-order valence-electron chi connectivity index (χ0n) is 14.0. The second-order valence-electron chi connectivity index (χ2n) is 6.73. The van der Waals surface area contributed by atoms with Crippen LogP contribution in [0.1, 0.15) is 24.5 Å². The predicted molar refractivity (Wildman–Crippen MR) is 98.5 cm³/mol. The van der Waals surface area contributed by atoms with E-state index in [1.54, 1.807) is 0 Å². The minimum Gasteiger partial charge on any atom is -0.338 e. The molecule has 0 amide bonds. The Balaban J connectivity index is 1.52. The van der Waals surface area contributed by atoms with Crippen LogP contribution in [0.15, 0.2) is 30.3 Å². The van der Waals surface area contributed by atoms with Crippen LogP contribution < -0.4 is 15.5 Å². The zero-order chi connectivity index (χ0) is 16.6. The lowest BCUT2D eigenvalue weighted by molar-refractivity contribution is 0.581. The van der Waals surface area contributed by atoms with Gasteiger partial charge in [-0.3, -0.25) is 5.10 Å². The smallest absolute Gasteiger partial charge is 0.227 e. The van der Waals surface area contributed by atoms with Crippen molar-refractivity contribution in [2.75, 3.05) is 36.4 Å². The average Bonchev–Trinajstić information content (AvgIpc) is 3.42. The van der Waals surface area contributed by atoms with E-state index in [4.69, 9.17) is 9.97 Å². The number of piperazine rings is 1. The van der Waals surface area contributed by atoms with E-state index in [2.05, 4.69) is 31.8 Å². The first-order valence-electron chi connectivity index (χ1n) is 8.91. The summed E-state index contributed by atoms with van der Waals surface area (Å²) in [6.45, 7) is 3.77. The molecule has 1 saturated heterocycles.